The number of carbonyl (C=O) groups excluding carboxylic acids is 2. The number of carbonyl (C=O) groups is 2. The minimum absolute atomic E-state index is 0.00633. The average Bonchev–Trinajstić information content (AvgIpc) is 2.89. The molecule has 4 nitrogen and oxygen atoms in total. The highest BCUT2D eigenvalue weighted by Gasteiger charge is 2.33. The number of aryl methyl sites for hydroxylation is 1. The van der Waals surface area contributed by atoms with Crippen molar-refractivity contribution in [2.24, 2.45) is 5.92 Å². The molecule has 5 heteroatoms. The molecular formula is C16H24O4S. The van der Waals surface area contributed by atoms with Gasteiger partial charge in [-0.05, 0) is 48.1 Å². The van der Waals surface area contributed by atoms with Gasteiger partial charge < -0.3 is 9.84 Å². The van der Waals surface area contributed by atoms with Gasteiger partial charge in [0.2, 0.25) is 0 Å². The SMILES string of the molecule is CCOC(=O)CC(=O)CC(O)(CCc1ccsc1)C(C)C. The number of aliphatic hydroxyl groups is 1. The standard InChI is InChI=1S/C16H24O4S/c1-4-20-15(18)9-14(17)10-16(19,12(2)3)7-5-13-6-8-21-11-13/h6,8,11-12,19H,4-5,7,9-10H2,1-3H3. The van der Waals surface area contributed by atoms with Gasteiger partial charge in [0.15, 0.2) is 0 Å². The van der Waals surface area contributed by atoms with Crippen LogP contribution < -0.4 is 0 Å². The van der Waals surface area contributed by atoms with Crippen LogP contribution in [-0.4, -0.2) is 29.1 Å². The second-order valence-electron chi connectivity index (χ2n) is 5.59. The topological polar surface area (TPSA) is 63.6 Å². The number of thiophene rings is 1. The van der Waals surface area contributed by atoms with E-state index in [4.69, 9.17) is 4.74 Å². The maximum absolute atomic E-state index is 12.0. The monoisotopic (exact) mass is 312 g/mol. The highest BCUT2D eigenvalue weighted by molar-refractivity contribution is 7.07. The van der Waals surface area contributed by atoms with Gasteiger partial charge in [-0.25, -0.2) is 0 Å². The molecule has 1 atom stereocenters. The molecule has 0 saturated heterocycles. The molecule has 0 aromatic carbocycles. The first kappa shape index (κ1) is 17.9. The molecule has 0 bridgehead atoms. The summed E-state index contributed by atoms with van der Waals surface area (Å²) in [5.41, 5.74) is 0.0859. The molecule has 1 unspecified atom stereocenters. The van der Waals surface area contributed by atoms with Crippen molar-refractivity contribution in [2.75, 3.05) is 6.61 Å². The molecule has 1 aromatic heterocycles. The van der Waals surface area contributed by atoms with Crippen molar-refractivity contribution in [2.45, 2.75) is 52.1 Å². The molecule has 1 aromatic rings. The van der Waals surface area contributed by atoms with Gasteiger partial charge in [0, 0.05) is 6.42 Å². The zero-order chi connectivity index (χ0) is 15.9. The molecular weight excluding hydrogens is 288 g/mol. The van der Waals surface area contributed by atoms with E-state index >= 15 is 0 Å². The van der Waals surface area contributed by atoms with E-state index in [1.165, 1.54) is 0 Å². The third-order valence-corrected chi connectivity index (χ3v) is 4.38. The lowest BCUT2D eigenvalue weighted by atomic mass is 9.80. The Balaban J connectivity index is 2.58. The summed E-state index contributed by atoms with van der Waals surface area (Å²) < 4.78 is 4.77. The van der Waals surface area contributed by atoms with E-state index in [0.717, 1.165) is 12.0 Å². The van der Waals surface area contributed by atoms with Gasteiger partial charge in [-0.15, -0.1) is 0 Å². The fourth-order valence-electron chi connectivity index (χ4n) is 2.15. The molecule has 0 spiro atoms. The Morgan fingerprint density at radius 3 is 2.67 bits per heavy atom. The Morgan fingerprint density at radius 2 is 2.14 bits per heavy atom. The van der Waals surface area contributed by atoms with Crippen LogP contribution in [0, 0.1) is 5.92 Å². The maximum atomic E-state index is 12.0. The van der Waals surface area contributed by atoms with Crippen LogP contribution in [-0.2, 0) is 20.7 Å². The number of ketones is 1. The Kier molecular flexibility index (Phi) is 7.05. The number of ether oxygens (including phenoxy) is 1. The number of hydrogen-bond donors (Lipinski definition) is 1. The molecule has 21 heavy (non-hydrogen) atoms. The molecule has 0 aliphatic heterocycles. The molecule has 0 aliphatic carbocycles. The van der Waals surface area contributed by atoms with Gasteiger partial charge in [0.25, 0.3) is 0 Å². The summed E-state index contributed by atoms with van der Waals surface area (Å²) in [4.78, 5) is 23.3. The van der Waals surface area contributed by atoms with Crippen LogP contribution in [0.1, 0.15) is 45.6 Å². The fourth-order valence-corrected chi connectivity index (χ4v) is 2.86. The molecule has 0 fully saturated rings. The van der Waals surface area contributed by atoms with Crippen molar-refractivity contribution in [1.29, 1.82) is 0 Å². The lowest BCUT2D eigenvalue weighted by Gasteiger charge is -2.31. The predicted molar refractivity (Wildman–Crippen MR) is 83.3 cm³/mol. The summed E-state index contributed by atoms with van der Waals surface area (Å²) in [6, 6.07) is 2.02. The fraction of sp³-hybridized carbons (Fsp3) is 0.625. The van der Waals surface area contributed by atoms with E-state index in [0.29, 0.717) is 6.42 Å². The highest BCUT2D eigenvalue weighted by Crippen LogP contribution is 2.28. The van der Waals surface area contributed by atoms with Crippen LogP contribution in [0.25, 0.3) is 0 Å². The number of rotatable bonds is 9. The van der Waals surface area contributed by atoms with Gasteiger partial charge in [-0.2, -0.15) is 11.3 Å². The second kappa shape index (κ2) is 8.29. The zero-order valence-corrected chi connectivity index (χ0v) is 13.7. The van der Waals surface area contributed by atoms with E-state index in [1.54, 1.807) is 18.3 Å². The molecule has 1 N–H and O–H groups in total. The Hall–Kier alpha value is -1.20. The molecule has 1 rings (SSSR count). The quantitative estimate of drug-likeness (QED) is 0.562. The summed E-state index contributed by atoms with van der Waals surface area (Å²) in [7, 11) is 0. The van der Waals surface area contributed by atoms with Crippen LogP contribution in [0.2, 0.25) is 0 Å². The minimum Gasteiger partial charge on any atom is -0.466 e. The van der Waals surface area contributed by atoms with Crippen molar-refractivity contribution in [3.05, 3.63) is 22.4 Å². The Labute approximate surface area is 130 Å². The Morgan fingerprint density at radius 1 is 1.43 bits per heavy atom. The van der Waals surface area contributed by atoms with Crippen molar-refractivity contribution < 1.29 is 19.4 Å². The largest absolute Gasteiger partial charge is 0.466 e. The summed E-state index contributed by atoms with van der Waals surface area (Å²) in [6.45, 7) is 5.75. The van der Waals surface area contributed by atoms with Gasteiger partial charge in [-0.1, -0.05) is 13.8 Å². The van der Waals surface area contributed by atoms with Gasteiger partial charge >= 0.3 is 5.97 Å². The smallest absolute Gasteiger partial charge is 0.313 e. The lowest BCUT2D eigenvalue weighted by Crippen LogP contribution is -2.38. The Bertz CT molecular complexity index is 453. The highest BCUT2D eigenvalue weighted by atomic mass is 32.1. The molecule has 0 amide bonds. The normalized spacial score (nSPS) is 14.0. The zero-order valence-electron chi connectivity index (χ0n) is 12.9. The van der Waals surface area contributed by atoms with Crippen LogP contribution in [0.15, 0.2) is 16.8 Å². The van der Waals surface area contributed by atoms with Gasteiger partial charge in [-0.3, -0.25) is 9.59 Å². The van der Waals surface area contributed by atoms with E-state index in [1.807, 2.05) is 30.7 Å². The van der Waals surface area contributed by atoms with E-state index in [9.17, 15) is 14.7 Å². The summed E-state index contributed by atoms with van der Waals surface area (Å²) in [6.07, 6.45) is 0.968. The first-order valence-corrected chi connectivity index (χ1v) is 8.22. The molecule has 0 radical (unpaired) electrons. The number of Topliss-reactive ketones (excluding diaryl/α,β-unsaturated/α-hetero) is 1. The maximum Gasteiger partial charge on any atom is 0.313 e. The van der Waals surface area contributed by atoms with Crippen molar-refractivity contribution in [3.63, 3.8) is 0 Å². The van der Waals surface area contributed by atoms with Gasteiger partial charge in [0.1, 0.15) is 12.2 Å². The van der Waals surface area contributed by atoms with Crippen LogP contribution >= 0.6 is 11.3 Å². The molecule has 0 aliphatic rings. The molecule has 1 heterocycles. The summed E-state index contributed by atoms with van der Waals surface area (Å²) >= 11 is 1.62. The molecule has 118 valence electrons. The van der Waals surface area contributed by atoms with Crippen LogP contribution in [0.4, 0.5) is 0 Å². The van der Waals surface area contributed by atoms with Crippen molar-refractivity contribution >= 4 is 23.1 Å². The summed E-state index contributed by atoms with van der Waals surface area (Å²) in [5.74, 6) is -0.844. The minimum atomic E-state index is -1.08. The summed E-state index contributed by atoms with van der Waals surface area (Å²) in [5, 5.41) is 14.8. The third-order valence-electron chi connectivity index (χ3n) is 3.65. The van der Waals surface area contributed by atoms with E-state index in [2.05, 4.69) is 0 Å². The van der Waals surface area contributed by atoms with Crippen LogP contribution in [0.5, 0.6) is 0 Å². The van der Waals surface area contributed by atoms with E-state index in [-0.39, 0.29) is 31.1 Å². The number of esters is 1. The predicted octanol–water partition coefficient (Wildman–Crippen LogP) is 2.98. The third kappa shape index (κ3) is 5.98. The second-order valence-corrected chi connectivity index (χ2v) is 6.37. The average molecular weight is 312 g/mol. The lowest BCUT2D eigenvalue weighted by molar-refractivity contribution is -0.146. The molecule has 0 saturated carbocycles. The van der Waals surface area contributed by atoms with Crippen LogP contribution in [0.3, 0.4) is 0 Å². The first-order chi connectivity index (χ1) is 9.87. The number of hydrogen-bond acceptors (Lipinski definition) is 5. The van der Waals surface area contributed by atoms with Crippen molar-refractivity contribution in [1.82, 2.24) is 0 Å². The van der Waals surface area contributed by atoms with Gasteiger partial charge in [0.05, 0.1) is 12.2 Å². The van der Waals surface area contributed by atoms with Crippen molar-refractivity contribution in [3.8, 4) is 0 Å². The van der Waals surface area contributed by atoms with E-state index < -0.39 is 11.6 Å². The first-order valence-electron chi connectivity index (χ1n) is 7.28.